The molecule has 3 nitrogen and oxygen atoms in total. The van der Waals surface area contributed by atoms with Gasteiger partial charge in [0.1, 0.15) is 5.75 Å². The highest BCUT2D eigenvalue weighted by Crippen LogP contribution is 2.42. The van der Waals surface area contributed by atoms with Crippen LogP contribution < -0.4 is 4.74 Å². The van der Waals surface area contributed by atoms with Crippen LogP contribution in [-0.2, 0) is 4.74 Å². The molecule has 0 fully saturated rings. The Kier molecular flexibility index (Phi) is 3.07. The quantitative estimate of drug-likeness (QED) is 0.837. The Morgan fingerprint density at radius 1 is 1.05 bits per heavy atom. The second-order valence-electron chi connectivity index (χ2n) is 5.05. The number of hydrogen-bond acceptors (Lipinski definition) is 3. The maximum atomic E-state index is 12.7. The van der Waals surface area contributed by atoms with Crippen molar-refractivity contribution in [3.8, 4) is 5.75 Å². The van der Waals surface area contributed by atoms with Crippen molar-refractivity contribution in [3.05, 3.63) is 65.7 Å². The zero-order valence-corrected chi connectivity index (χ0v) is 11.5. The minimum Gasteiger partial charge on any atom is -0.481 e. The van der Waals surface area contributed by atoms with Gasteiger partial charge in [0.25, 0.3) is 0 Å². The van der Waals surface area contributed by atoms with Crippen molar-refractivity contribution >= 4 is 5.78 Å². The van der Waals surface area contributed by atoms with Crippen molar-refractivity contribution in [1.82, 2.24) is 0 Å². The number of benzene rings is 2. The van der Waals surface area contributed by atoms with Crippen molar-refractivity contribution in [2.45, 2.75) is 18.6 Å². The third kappa shape index (κ3) is 1.82. The number of carbonyl (C=O) groups excluding carboxylic acids is 1. The van der Waals surface area contributed by atoms with Gasteiger partial charge in [0.2, 0.25) is 5.78 Å². The lowest BCUT2D eigenvalue weighted by molar-refractivity contribution is -0.0635. The van der Waals surface area contributed by atoms with Crippen molar-refractivity contribution < 1.29 is 14.3 Å². The normalized spacial score (nSPS) is 24.9. The van der Waals surface area contributed by atoms with Gasteiger partial charge in [-0.25, -0.2) is 0 Å². The first kappa shape index (κ1) is 12.9. The van der Waals surface area contributed by atoms with E-state index in [2.05, 4.69) is 0 Å². The molecule has 0 saturated carbocycles. The van der Waals surface area contributed by atoms with E-state index in [1.165, 1.54) is 0 Å². The summed E-state index contributed by atoms with van der Waals surface area (Å²) < 4.78 is 11.6. The Balaban J connectivity index is 2.14. The summed E-state index contributed by atoms with van der Waals surface area (Å²) in [4.78, 5) is 12.7. The van der Waals surface area contributed by atoms with Crippen LogP contribution in [0.5, 0.6) is 5.75 Å². The molecule has 1 aliphatic heterocycles. The van der Waals surface area contributed by atoms with Crippen LogP contribution in [0.1, 0.15) is 28.9 Å². The van der Waals surface area contributed by atoms with E-state index in [-0.39, 0.29) is 5.78 Å². The summed E-state index contributed by atoms with van der Waals surface area (Å²) in [5.41, 5.74) is 0.485. The first-order chi connectivity index (χ1) is 9.66. The van der Waals surface area contributed by atoms with E-state index in [4.69, 9.17) is 9.47 Å². The van der Waals surface area contributed by atoms with Crippen LogP contribution >= 0.6 is 0 Å². The molecule has 0 bridgehead atoms. The number of methoxy groups -OCH3 is 1. The first-order valence-corrected chi connectivity index (χ1v) is 6.57. The van der Waals surface area contributed by atoms with Crippen molar-refractivity contribution in [3.63, 3.8) is 0 Å². The summed E-state index contributed by atoms with van der Waals surface area (Å²) in [6, 6.07) is 17.0. The largest absolute Gasteiger partial charge is 0.481 e. The number of rotatable bonds is 2. The van der Waals surface area contributed by atoms with E-state index < -0.39 is 11.7 Å². The molecule has 3 heteroatoms. The minimum atomic E-state index is -1.02. The molecule has 20 heavy (non-hydrogen) atoms. The van der Waals surface area contributed by atoms with Gasteiger partial charge in [-0.15, -0.1) is 0 Å². The van der Waals surface area contributed by atoms with Crippen LogP contribution in [0.4, 0.5) is 0 Å². The molecule has 2 atom stereocenters. The van der Waals surface area contributed by atoms with Gasteiger partial charge in [-0.2, -0.15) is 0 Å². The molecule has 0 N–H and O–H groups in total. The zero-order chi connectivity index (χ0) is 14.2. The molecule has 0 amide bonds. The fourth-order valence-electron chi connectivity index (χ4n) is 2.60. The molecule has 3 rings (SSSR count). The Morgan fingerprint density at radius 3 is 2.40 bits per heavy atom. The van der Waals surface area contributed by atoms with Gasteiger partial charge >= 0.3 is 0 Å². The number of ether oxygens (including phenoxy) is 2. The van der Waals surface area contributed by atoms with Gasteiger partial charge in [0.05, 0.1) is 5.56 Å². The lowest BCUT2D eigenvalue weighted by Crippen LogP contribution is -2.48. The molecule has 2 aromatic carbocycles. The van der Waals surface area contributed by atoms with Crippen LogP contribution in [0.3, 0.4) is 0 Å². The van der Waals surface area contributed by atoms with Crippen LogP contribution in [0, 0.1) is 0 Å². The van der Waals surface area contributed by atoms with E-state index >= 15 is 0 Å². The SMILES string of the molecule is CO[C@]1(C)C(=O)c2ccccc2O[C@H]1c1ccccc1. The Morgan fingerprint density at radius 2 is 1.70 bits per heavy atom. The van der Waals surface area contributed by atoms with E-state index in [1.807, 2.05) is 48.5 Å². The third-order valence-corrected chi connectivity index (χ3v) is 3.85. The summed E-state index contributed by atoms with van der Waals surface area (Å²) in [7, 11) is 1.55. The Labute approximate surface area is 118 Å². The predicted octanol–water partition coefficient (Wildman–Crippen LogP) is 3.41. The van der Waals surface area contributed by atoms with Crippen molar-refractivity contribution in [2.24, 2.45) is 0 Å². The molecule has 0 aromatic heterocycles. The molecule has 0 aliphatic carbocycles. The number of carbonyl (C=O) groups is 1. The highest BCUT2D eigenvalue weighted by atomic mass is 16.6. The molecular weight excluding hydrogens is 252 g/mol. The Bertz CT molecular complexity index is 636. The molecule has 0 saturated heterocycles. The molecule has 102 valence electrons. The third-order valence-electron chi connectivity index (χ3n) is 3.85. The summed E-state index contributed by atoms with van der Waals surface area (Å²) in [6.07, 6.45) is -0.448. The molecule has 1 aliphatic rings. The predicted molar refractivity (Wildman–Crippen MR) is 76.0 cm³/mol. The number of fused-ring (bicyclic) bond motifs is 1. The van der Waals surface area contributed by atoms with Gasteiger partial charge in [0.15, 0.2) is 11.7 Å². The van der Waals surface area contributed by atoms with Crippen molar-refractivity contribution in [2.75, 3.05) is 7.11 Å². The van der Waals surface area contributed by atoms with Gasteiger partial charge < -0.3 is 9.47 Å². The second-order valence-corrected chi connectivity index (χ2v) is 5.05. The minimum absolute atomic E-state index is 0.0456. The molecule has 0 unspecified atom stereocenters. The highest BCUT2D eigenvalue weighted by molar-refractivity contribution is 6.06. The maximum Gasteiger partial charge on any atom is 0.202 e. The summed E-state index contributed by atoms with van der Waals surface area (Å²) in [6.45, 7) is 1.78. The lowest BCUT2D eigenvalue weighted by atomic mass is 9.83. The Hall–Kier alpha value is -2.13. The zero-order valence-electron chi connectivity index (χ0n) is 11.5. The molecule has 2 aromatic rings. The van der Waals surface area contributed by atoms with E-state index in [1.54, 1.807) is 20.1 Å². The average Bonchev–Trinajstić information content (AvgIpc) is 2.52. The fourth-order valence-corrected chi connectivity index (χ4v) is 2.60. The standard InChI is InChI=1S/C17H16O3/c1-17(19-2)15(18)13-10-6-7-11-14(13)20-16(17)12-8-4-3-5-9-12/h3-11,16H,1-2H3/t16-,17+/m0/s1. The number of Topliss-reactive ketones (excluding diaryl/α,β-unsaturated/α-hetero) is 1. The monoisotopic (exact) mass is 268 g/mol. The topological polar surface area (TPSA) is 35.5 Å². The smallest absolute Gasteiger partial charge is 0.202 e. The van der Waals surface area contributed by atoms with Crippen LogP contribution in [0.15, 0.2) is 54.6 Å². The van der Waals surface area contributed by atoms with Crippen LogP contribution in [0.2, 0.25) is 0 Å². The molecule has 0 spiro atoms. The van der Waals surface area contributed by atoms with E-state index in [0.717, 1.165) is 5.56 Å². The highest BCUT2D eigenvalue weighted by Gasteiger charge is 2.48. The van der Waals surface area contributed by atoms with Crippen LogP contribution in [0.25, 0.3) is 0 Å². The molecular formula is C17H16O3. The lowest BCUT2D eigenvalue weighted by Gasteiger charge is -2.39. The van der Waals surface area contributed by atoms with Gasteiger partial charge in [0, 0.05) is 7.11 Å². The van der Waals surface area contributed by atoms with E-state index in [0.29, 0.717) is 11.3 Å². The molecule has 1 heterocycles. The summed E-state index contributed by atoms with van der Waals surface area (Å²) in [5.74, 6) is 0.566. The summed E-state index contributed by atoms with van der Waals surface area (Å²) in [5, 5.41) is 0. The van der Waals surface area contributed by atoms with Crippen molar-refractivity contribution in [1.29, 1.82) is 0 Å². The number of ketones is 1. The number of hydrogen-bond donors (Lipinski definition) is 0. The summed E-state index contributed by atoms with van der Waals surface area (Å²) >= 11 is 0. The van der Waals surface area contributed by atoms with Gasteiger partial charge in [-0.3, -0.25) is 4.79 Å². The van der Waals surface area contributed by atoms with Crippen LogP contribution in [-0.4, -0.2) is 18.5 Å². The maximum absolute atomic E-state index is 12.7. The van der Waals surface area contributed by atoms with Gasteiger partial charge in [-0.1, -0.05) is 42.5 Å². The molecule has 0 radical (unpaired) electrons. The number of para-hydroxylation sites is 1. The van der Waals surface area contributed by atoms with E-state index in [9.17, 15) is 4.79 Å². The first-order valence-electron chi connectivity index (χ1n) is 6.57. The second kappa shape index (κ2) is 4.76. The average molecular weight is 268 g/mol. The van der Waals surface area contributed by atoms with Gasteiger partial charge in [-0.05, 0) is 24.6 Å². The fraction of sp³-hybridized carbons (Fsp3) is 0.235.